The van der Waals surface area contributed by atoms with E-state index in [1.54, 1.807) is 94.1 Å². The summed E-state index contributed by atoms with van der Waals surface area (Å²) in [5.74, 6) is -1.18. The number of carboxylic acid groups (broad SMARTS) is 1. The minimum absolute atomic E-state index is 0. The number of rotatable bonds is 8. The zero-order chi connectivity index (χ0) is 39.6. The quantitative estimate of drug-likeness (QED) is 0.249. The van der Waals surface area contributed by atoms with Crippen LogP contribution in [0.25, 0.3) is 0 Å². The van der Waals surface area contributed by atoms with E-state index >= 15 is 0 Å². The number of methoxy groups -OCH3 is 3. The van der Waals surface area contributed by atoms with E-state index in [1.165, 1.54) is 10.6 Å². The van der Waals surface area contributed by atoms with E-state index in [2.05, 4.69) is 5.32 Å². The first-order valence-electron chi connectivity index (χ1n) is 18.4. The van der Waals surface area contributed by atoms with Crippen LogP contribution in [-0.2, 0) is 18.9 Å². The number of amides is 1. The Morgan fingerprint density at radius 1 is 0.691 bits per heavy atom. The van der Waals surface area contributed by atoms with Crippen molar-refractivity contribution in [1.29, 1.82) is 0 Å². The minimum Gasteiger partial charge on any atom is -0.477 e. The number of halogens is 1. The second-order valence-electron chi connectivity index (χ2n) is 14.7. The Kier molecular flexibility index (Phi) is 16.7. The van der Waals surface area contributed by atoms with Gasteiger partial charge in [-0.25, -0.2) is 9.59 Å². The van der Waals surface area contributed by atoms with Crippen molar-refractivity contribution in [3.63, 3.8) is 0 Å². The fraction of sp³-hybridized carbons (Fsp3) is 0.564. The van der Waals surface area contributed by atoms with Crippen molar-refractivity contribution in [3.8, 4) is 0 Å². The number of hydrogen-bond donors (Lipinski definition) is 3. The van der Waals surface area contributed by atoms with Gasteiger partial charge in [0, 0.05) is 39.9 Å². The van der Waals surface area contributed by atoms with Gasteiger partial charge in [0.1, 0.15) is 16.9 Å². The zero-order valence-corrected chi connectivity index (χ0v) is 33.3. The maximum atomic E-state index is 12.6. The average molecular weight is 790 g/mol. The highest BCUT2D eigenvalue weighted by atomic mass is 35.5. The van der Waals surface area contributed by atoms with Gasteiger partial charge in [0.2, 0.25) is 0 Å². The van der Waals surface area contributed by atoms with Crippen molar-refractivity contribution in [2.45, 2.75) is 121 Å². The number of anilines is 2. The van der Waals surface area contributed by atoms with Crippen LogP contribution in [0.1, 0.15) is 107 Å². The number of hydrogen-bond acceptors (Lipinski definition) is 10. The van der Waals surface area contributed by atoms with Crippen LogP contribution in [0, 0.1) is 0 Å². The van der Waals surface area contributed by atoms with Crippen molar-refractivity contribution >= 4 is 35.8 Å². The summed E-state index contributed by atoms with van der Waals surface area (Å²) < 4.78 is 26.2. The van der Waals surface area contributed by atoms with Crippen molar-refractivity contribution in [2.75, 3.05) is 32.4 Å². The number of aromatic nitrogens is 3. The molecular formula is C39H56ClN5O10. The van der Waals surface area contributed by atoms with Crippen LogP contribution in [0.3, 0.4) is 0 Å². The Balaban J connectivity index is 0.000000224. The van der Waals surface area contributed by atoms with Crippen LogP contribution in [0.2, 0.25) is 0 Å². The number of carboxylic acids is 1. The molecule has 6 rings (SSSR count). The number of pyridine rings is 3. The second kappa shape index (κ2) is 20.5. The number of carbonyl (C=O) groups excluding carboxylic acids is 1. The molecule has 6 atom stereocenters. The fourth-order valence-corrected chi connectivity index (χ4v) is 7.50. The van der Waals surface area contributed by atoms with Crippen LogP contribution >= 0.6 is 12.4 Å². The molecule has 55 heavy (non-hydrogen) atoms. The van der Waals surface area contributed by atoms with Gasteiger partial charge < -0.3 is 43.5 Å². The van der Waals surface area contributed by atoms with E-state index in [1.807, 2.05) is 6.07 Å². The highest BCUT2D eigenvalue weighted by Crippen LogP contribution is 2.33. The number of carbonyl (C=O) groups is 2. The monoisotopic (exact) mass is 789 g/mol. The molecule has 3 saturated carbocycles. The first kappa shape index (κ1) is 45.0. The zero-order valence-electron chi connectivity index (χ0n) is 32.5. The third-order valence-electron chi connectivity index (χ3n) is 10.1. The molecule has 3 aliphatic carbocycles. The van der Waals surface area contributed by atoms with Gasteiger partial charge in [-0.15, -0.1) is 12.4 Å². The molecule has 0 bridgehead atoms. The molecule has 1 amide bonds. The third kappa shape index (κ3) is 11.5. The number of ether oxygens (including phenoxy) is 4. The van der Waals surface area contributed by atoms with Crippen LogP contribution < -0.4 is 27.7 Å². The van der Waals surface area contributed by atoms with E-state index in [4.69, 9.17) is 29.8 Å². The smallest absolute Gasteiger partial charge is 0.412 e. The summed E-state index contributed by atoms with van der Waals surface area (Å²) in [5, 5.41) is 11.4. The van der Waals surface area contributed by atoms with Crippen LogP contribution in [0.5, 0.6) is 0 Å². The largest absolute Gasteiger partial charge is 0.477 e. The van der Waals surface area contributed by atoms with E-state index in [0.717, 1.165) is 57.8 Å². The molecule has 15 nitrogen and oxygen atoms in total. The Morgan fingerprint density at radius 2 is 1.11 bits per heavy atom. The fourth-order valence-electron chi connectivity index (χ4n) is 7.50. The van der Waals surface area contributed by atoms with Gasteiger partial charge in [-0.05, 0) is 115 Å². The molecule has 3 fully saturated rings. The molecule has 0 spiro atoms. The second-order valence-corrected chi connectivity index (χ2v) is 14.7. The van der Waals surface area contributed by atoms with Gasteiger partial charge in [-0.3, -0.25) is 19.7 Å². The summed E-state index contributed by atoms with van der Waals surface area (Å²) in [6.07, 6.45) is 13.4. The third-order valence-corrected chi connectivity index (χ3v) is 10.1. The minimum atomic E-state index is -1.18. The van der Waals surface area contributed by atoms with Gasteiger partial charge >= 0.3 is 12.1 Å². The Labute approximate surface area is 327 Å². The van der Waals surface area contributed by atoms with Gasteiger partial charge in [0.05, 0.1) is 42.1 Å². The Bertz CT molecular complexity index is 1900. The molecule has 304 valence electrons. The van der Waals surface area contributed by atoms with Crippen LogP contribution in [0.15, 0.2) is 69.4 Å². The van der Waals surface area contributed by atoms with Crippen LogP contribution in [0.4, 0.5) is 16.2 Å². The lowest BCUT2D eigenvalue weighted by atomic mass is 10.2. The summed E-state index contributed by atoms with van der Waals surface area (Å²) in [5.41, 5.74) is 4.54. The van der Waals surface area contributed by atoms with E-state index in [-0.39, 0.29) is 71.2 Å². The highest BCUT2D eigenvalue weighted by molar-refractivity contribution is 5.87. The lowest BCUT2D eigenvalue weighted by Gasteiger charge is -2.22. The van der Waals surface area contributed by atoms with Crippen molar-refractivity contribution in [2.24, 2.45) is 0 Å². The lowest BCUT2D eigenvalue weighted by molar-refractivity contribution is 0.0633. The average Bonchev–Trinajstić information content (AvgIpc) is 3.91. The lowest BCUT2D eigenvalue weighted by Crippen LogP contribution is -2.33. The van der Waals surface area contributed by atoms with E-state index < -0.39 is 23.2 Å². The summed E-state index contributed by atoms with van der Waals surface area (Å²) in [7, 11) is 4.98. The molecule has 0 aliphatic heterocycles. The molecule has 3 aliphatic rings. The number of nitrogens with one attached hydrogen (secondary N) is 1. The number of aromatic carboxylic acids is 1. The predicted octanol–water partition coefficient (Wildman–Crippen LogP) is 5.81. The molecule has 0 unspecified atom stereocenters. The molecule has 16 heteroatoms. The molecule has 0 saturated heterocycles. The molecule has 0 aromatic carbocycles. The van der Waals surface area contributed by atoms with Crippen molar-refractivity contribution in [3.05, 3.63) is 91.6 Å². The van der Waals surface area contributed by atoms with Crippen molar-refractivity contribution in [1.82, 2.24) is 13.7 Å². The number of nitrogens with two attached hydrogens (primary N) is 1. The maximum absolute atomic E-state index is 12.6. The number of nitrogen functional groups attached to an aromatic ring is 1. The molecule has 3 aromatic heterocycles. The molecule has 3 heterocycles. The molecular weight excluding hydrogens is 734 g/mol. The summed E-state index contributed by atoms with van der Waals surface area (Å²) in [4.78, 5) is 59.1. The highest BCUT2D eigenvalue weighted by Gasteiger charge is 2.32. The summed E-state index contributed by atoms with van der Waals surface area (Å²) in [6.45, 7) is 5.33. The molecule has 0 radical (unpaired) electrons. The van der Waals surface area contributed by atoms with Gasteiger partial charge in [0.25, 0.3) is 16.7 Å². The SMILES string of the molecule is CO[C@@H]1CCC[C@@H]1n1cccc(C(=O)O)c1=O.CO[C@@H]1CCC[C@@H]1n1cccc(N)c1=O.CO[C@@H]1CCC[C@@H]1n1cccc(NC(=O)OC(C)(C)C)c1=O.Cl. The first-order valence-corrected chi connectivity index (χ1v) is 18.4. The van der Waals surface area contributed by atoms with Crippen molar-refractivity contribution < 1.29 is 33.6 Å². The normalized spacial score (nSPS) is 23.0. The van der Waals surface area contributed by atoms with Crippen LogP contribution in [-0.4, -0.2) is 76.1 Å². The molecule has 3 aromatic rings. The van der Waals surface area contributed by atoms with Gasteiger partial charge in [-0.2, -0.15) is 0 Å². The van der Waals surface area contributed by atoms with E-state index in [9.17, 15) is 24.0 Å². The number of nitrogens with zero attached hydrogens (tertiary/aromatic N) is 3. The predicted molar refractivity (Wildman–Crippen MR) is 212 cm³/mol. The van der Waals surface area contributed by atoms with E-state index in [0.29, 0.717) is 5.69 Å². The maximum Gasteiger partial charge on any atom is 0.412 e. The molecule has 4 N–H and O–H groups in total. The Morgan fingerprint density at radius 3 is 1.55 bits per heavy atom. The summed E-state index contributed by atoms with van der Waals surface area (Å²) in [6, 6.07) is 9.81. The Hall–Kier alpha value is -4.44. The van der Waals surface area contributed by atoms with Gasteiger partial charge in [-0.1, -0.05) is 0 Å². The first-order chi connectivity index (χ1) is 25.7. The summed E-state index contributed by atoms with van der Waals surface area (Å²) >= 11 is 0. The topological polar surface area (TPSA) is 195 Å². The standard InChI is InChI=1S/C16H24N2O4.C12H15NO4.C11H16N2O2.ClH/c1-16(2,3)22-15(20)17-11-7-6-10-18(14(11)19)12-8-5-9-13(12)21-4;1-17-10-6-2-5-9(10)13-7-3-4-8(11(13)14)12(15)16;1-15-10-6-2-5-9(10)13-7-3-4-8(12)11(13)14;/h6-7,10,12-13H,5,8-9H2,1-4H3,(H,17,20);3-4,7,9-10H,2,5-6H2,1H3,(H,15,16);3-4,7,9-10H,2,5-6,12H2,1H3;1H/t12-,13+;2*9-,10+;/m000./s1. The van der Waals surface area contributed by atoms with Gasteiger partial charge in [0.15, 0.2) is 0 Å².